The first kappa shape index (κ1) is 14.5. The van der Waals surface area contributed by atoms with Crippen molar-refractivity contribution in [1.29, 1.82) is 0 Å². The van der Waals surface area contributed by atoms with Gasteiger partial charge in [0.25, 0.3) is 0 Å². The molecule has 4 heteroatoms. The van der Waals surface area contributed by atoms with Crippen molar-refractivity contribution in [2.24, 2.45) is 0 Å². The maximum Gasteiger partial charge on any atom is 0.123 e. The molecule has 0 aliphatic carbocycles. The fraction of sp³-hybridized carbons (Fsp3) is 0.600. The third kappa shape index (κ3) is 3.57. The van der Waals surface area contributed by atoms with Crippen LogP contribution in [0.1, 0.15) is 38.9 Å². The molecule has 1 unspecified atom stereocenters. The van der Waals surface area contributed by atoms with Crippen molar-refractivity contribution in [3.8, 4) is 5.75 Å². The second kappa shape index (κ2) is 5.63. The summed E-state index contributed by atoms with van der Waals surface area (Å²) in [7, 11) is 0. The zero-order valence-corrected chi connectivity index (χ0v) is 12.7. The van der Waals surface area contributed by atoms with Crippen LogP contribution in [0.2, 0.25) is 0 Å². The Bertz CT molecular complexity index is 446. The number of aliphatic hydroxyl groups excluding tert-OH is 1. The summed E-state index contributed by atoms with van der Waals surface area (Å²) >= 11 is 2.01. The van der Waals surface area contributed by atoms with Gasteiger partial charge in [-0.25, -0.2) is 0 Å². The van der Waals surface area contributed by atoms with Crippen molar-refractivity contribution in [3.63, 3.8) is 0 Å². The Kier molecular flexibility index (Phi) is 4.31. The van der Waals surface area contributed by atoms with Gasteiger partial charge in [0, 0.05) is 40.9 Å². The van der Waals surface area contributed by atoms with E-state index in [1.807, 2.05) is 23.9 Å². The molecule has 2 N–H and O–H groups in total. The number of thioether (sulfide) groups is 1. The monoisotopic (exact) mass is 281 g/mol. The van der Waals surface area contributed by atoms with E-state index >= 15 is 0 Å². The Hall–Kier alpha value is -0.870. The highest BCUT2D eigenvalue weighted by atomic mass is 32.2. The molecule has 2 rings (SSSR count). The van der Waals surface area contributed by atoms with Crippen LogP contribution < -0.4 is 4.90 Å². The Balaban J connectivity index is 2.16. The van der Waals surface area contributed by atoms with Crippen molar-refractivity contribution in [2.75, 3.05) is 23.7 Å². The van der Waals surface area contributed by atoms with Crippen molar-refractivity contribution in [2.45, 2.75) is 38.0 Å². The van der Waals surface area contributed by atoms with Crippen molar-refractivity contribution < 1.29 is 10.2 Å². The normalized spacial score (nSPS) is 20.9. The van der Waals surface area contributed by atoms with Crippen LogP contribution in [-0.2, 0) is 0 Å². The molecule has 1 aliphatic heterocycles. The van der Waals surface area contributed by atoms with Crippen molar-refractivity contribution >= 4 is 17.4 Å². The first-order valence-electron chi connectivity index (χ1n) is 6.79. The lowest BCUT2D eigenvalue weighted by atomic mass is 10.1. The number of aliphatic hydroxyl groups is 1. The minimum Gasteiger partial charge on any atom is -0.507 e. The predicted octanol–water partition coefficient (Wildman–Crippen LogP) is 3.17. The summed E-state index contributed by atoms with van der Waals surface area (Å²) in [5.41, 5.74) is 1.63. The second-order valence-electron chi connectivity index (χ2n) is 5.76. The van der Waals surface area contributed by atoms with Crippen LogP contribution >= 0.6 is 11.8 Å². The van der Waals surface area contributed by atoms with E-state index < -0.39 is 6.10 Å². The first-order valence-corrected chi connectivity index (χ1v) is 7.77. The highest BCUT2D eigenvalue weighted by Crippen LogP contribution is 2.34. The molecule has 1 aromatic carbocycles. The first-order chi connectivity index (χ1) is 8.89. The minimum atomic E-state index is -0.632. The zero-order valence-electron chi connectivity index (χ0n) is 11.9. The van der Waals surface area contributed by atoms with Crippen LogP contribution in [0.5, 0.6) is 5.75 Å². The van der Waals surface area contributed by atoms with Crippen molar-refractivity contribution in [3.05, 3.63) is 23.8 Å². The maximum atomic E-state index is 9.97. The SMILES string of the molecule is CC(O)c1ccc(N2CCSC(C)(C)CC2)cc1O. The van der Waals surface area contributed by atoms with E-state index in [1.54, 1.807) is 13.0 Å². The fourth-order valence-electron chi connectivity index (χ4n) is 2.36. The molecule has 106 valence electrons. The van der Waals surface area contributed by atoms with E-state index in [0.717, 1.165) is 31.0 Å². The number of hydrogen-bond acceptors (Lipinski definition) is 4. The fourth-order valence-corrected chi connectivity index (χ4v) is 3.46. The third-order valence-corrected chi connectivity index (χ3v) is 5.04. The lowest BCUT2D eigenvalue weighted by Gasteiger charge is -2.25. The standard InChI is InChI=1S/C15H23NO2S/c1-11(17)13-5-4-12(10-14(13)18)16-7-6-15(2,3)19-9-8-16/h4-5,10-11,17-18H,6-9H2,1-3H3. The Morgan fingerprint density at radius 2 is 2.05 bits per heavy atom. The maximum absolute atomic E-state index is 9.97. The molecule has 0 saturated carbocycles. The molecule has 1 aromatic rings. The number of nitrogens with zero attached hydrogens (tertiary/aromatic N) is 1. The smallest absolute Gasteiger partial charge is 0.123 e. The number of hydrogen-bond donors (Lipinski definition) is 2. The largest absolute Gasteiger partial charge is 0.507 e. The molecule has 1 saturated heterocycles. The van der Waals surface area contributed by atoms with Crippen LogP contribution in [0.15, 0.2) is 18.2 Å². The minimum absolute atomic E-state index is 0.184. The average Bonchev–Trinajstić information content (AvgIpc) is 2.49. The summed E-state index contributed by atoms with van der Waals surface area (Å²) in [5, 5.41) is 19.5. The van der Waals surface area contributed by atoms with Crippen LogP contribution in [0, 0.1) is 0 Å². The van der Waals surface area contributed by atoms with Crippen LogP contribution in [0.3, 0.4) is 0 Å². The molecule has 0 radical (unpaired) electrons. The summed E-state index contributed by atoms with van der Waals surface area (Å²) < 4.78 is 0.330. The van der Waals surface area contributed by atoms with E-state index in [-0.39, 0.29) is 5.75 Å². The molecule has 0 amide bonds. The lowest BCUT2D eigenvalue weighted by Crippen LogP contribution is -2.26. The van der Waals surface area contributed by atoms with Gasteiger partial charge in [-0.3, -0.25) is 0 Å². The molecule has 1 heterocycles. The summed E-state index contributed by atoms with van der Waals surface area (Å²) in [4.78, 5) is 2.31. The highest BCUT2D eigenvalue weighted by molar-refractivity contribution is 8.00. The van der Waals surface area contributed by atoms with Gasteiger partial charge in [-0.2, -0.15) is 11.8 Å². The number of phenolic OH excluding ortho intramolecular Hbond substituents is 1. The lowest BCUT2D eigenvalue weighted by molar-refractivity contribution is 0.195. The third-order valence-electron chi connectivity index (χ3n) is 3.67. The molecule has 1 atom stereocenters. The molecule has 19 heavy (non-hydrogen) atoms. The van der Waals surface area contributed by atoms with Gasteiger partial charge in [0.2, 0.25) is 0 Å². The van der Waals surface area contributed by atoms with Gasteiger partial charge in [-0.1, -0.05) is 19.9 Å². The van der Waals surface area contributed by atoms with Gasteiger partial charge in [0.05, 0.1) is 6.10 Å². The summed E-state index contributed by atoms with van der Waals surface area (Å²) in [6, 6.07) is 5.58. The molecule has 0 spiro atoms. The molecule has 0 bridgehead atoms. The van der Waals surface area contributed by atoms with Gasteiger partial charge >= 0.3 is 0 Å². The van der Waals surface area contributed by atoms with Gasteiger partial charge in [0.1, 0.15) is 5.75 Å². The Labute approximate surface area is 119 Å². The quantitative estimate of drug-likeness (QED) is 0.874. The van der Waals surface area contributed by atoms with E-state index in [9.17, 15) is 10.2 Å². The Morgan fingerprint density at radius 3 is 2.68 bits per heavy atom. The molecule has 3 nitrogen and oxygen atoms in total. The molecular weight excluding hydrogens is 258 g/mol. The van der Waals surface area contributed by atoms with E-state index in [2.05, 4.69) is 18.7 Å². The number of rotatable bonds is 2. The van der Waals surface area contributed by atoms with Gasteiger partial charge in [0.15, 0.2) is 0 Å². The molecule has 0 aromatic heterocycles. The predicted molar refractivity (Wildman–Crippen MR) is 82.1 cm³/mol. The summed E-state index contributed by atoms with van der Waals surface area (Å²) in [5.74, 6) is 1.29. The zero-order chi connectivity index (χ0) is 14.0. The number of aromatic hydroxyl groups is 1. The van der Waals surface area contributed by atoms with Crippen LogP contribution in [0.4, 0.5) is 5.69 Å². The summed E-state index contributed by atoms with van der Waals surface area (Å²) in [6.45, 7) is 8.25. The second-order valence-corrected chi connectivity index (χ2v) is 7.57. The molecular formula is C15H23NO2S. The highest BCUT2D eigenvalue weighted by Gasteiger charge is 2.24. The van der Waals surface area contributed by atoms with Gasteiger partial charge in [-0.05, 0) is 19.4 Å². The van der Waals surface area contributed by atoms with Crippen molar-refractivity contribution in [1.82, 2.24) is 0 Å². The molecule has 1 aliphatic rings. The number of anilines is 1. The Morgan fingerprint density at radius 1 is 1.32 bits per heavy atom. The van der Waals surface area contributed by atoms with Gasteiger partial charge in [-0.15, -0.1) is 0 Å². The average molecular weight is 281 g/mol. The van der Waals surface area contributed by atoms with Crippen LogP contribution in [0.25, 0.3) is 0 Å². The van der Waals surface area contributed by atoms with E-state index in [1.165, 1.54) is 0 Å². The van der Waals surface area contributed by atoms with E-state index in [0.29, 0.717) is 10.3 Å². The molecule has 1 fully saturated rings. The topological polar surface area (TPSA) is 43.7 Å². The summed E-state index contributed by atoms with van der Waals surface area (Å²) in [6.07, 6.45) is 0.504. The van der Waals surface area contributed by atoms with E-state index in [4.69, 9.17) is 0 Å². The number of phenols is 1. The van der Waals surface area contributed by atoms with Crippen LogP contribution in [-0.4, -0.2) is 33.8 Å². The van der Waals surface area contributed by atoms with Gasteiger partial charge < -0.3 is 15.1 Å². The number of benzene rings is 1.